The lowest BCUT2D eigenvalue weighted by Crippen LogP contribution is -2.68. The number of halogens is 1. The molecule has 4 aromatic rings. The first-order valence-electron chi connectivity index (χ1n) is 11.5. The van der Waals surface area contributed by atoms with E-state index in [1.54, 1.807) is 0 Å². The number of rotatable bonds is 5. The lowest BCUT2D eigenvalue weighted by Gasteiger charge is -2.43. The van der Waals surface area contributed by atoms with Gasteiger partial charge < -0.3 is 9.16 Å². The molecule has 0 saturated carbocycles. The molecule has 0 fully saturated rings. The van der Waals surface area contributed by atoms with Crippen LogP contribution >= 0.6 is 22.6 Å². The number of fused-ring (bicyclic) bond motifs is 1. The number of carbonyl (C=O) groups is 1. The highest BCUT2D eigenvalue weighted by atomic mass is 127. The first-order chi connectivity index (χ1) is 16.5. The highest BCUT2D eigenvalue weighted by Gasteiger charge is 2.52. The fourth-order valence-corrected chi connectivity index (χ4v) is 9.00. The van der Waals surface area contributed by atoms with Gasteiger partial charge in [-0.1, -0.05) is 81.4 Å². The van der Waals surface area contributed by atoms with Crippen molar-refractivity contribution < 1.29 is 14.0 Å². The number of H-pyrrole nitrogens is 1. The predicted octanol–water partition coefficient (Wildman–Crippen LogP) is 6.06. The molecule has 184 valence electrons. The molecule has 35 heavy (non-hydrogen) atoms. The number of ether oxygens (including phenoxy) is 1. The van der Waals surface area contributed by atoms with Crippen molar-refractivity contribution in [3.05, 3.63) is 82.6 Å². The topological polar surface area (TPSA) is 64.2 Å². The van der Waals surface area contributed by atoms with E-state index in [4.69, 9.17) is 4.43 Å². The summed E-state index contributed by atoms with van der Waals surface area (Å²) < 4.78 is 12.6. The van der Waals surface area contributed by atoms with Crippen molar-refractivity contribution in [2.75, 3.05) is 0 Å². The van der Waals surface area contributed by atoms with Crippen LogP contribution in [0.1, 0.15) is 41.5 Å². The summed E-state index contributed by atoms with van der Waals surface area (Å²) in [7, 11) is -2.61. The number of hydrogen-bond donors (Lipinski definition) is 1. The summed E-state index contributed by atoms with van der Waals surface area (Å²) in [5, 5.41) is 11.0. The van der Waals surface area contributed by atoms with E-state index in [1.807, 2.05) is 20.8 Å². The molecule has 4 rings (SSSR count). The monoisotopic (exact) mass is 600 g/mol. The minimum Gasteiger partial charge on any atom is -0.534 e. The quantitative estimate of drug-likeness (QED) is 0.172. The number of nitrogens with one attached hydrogen (secondary N) is 1. The number of carbonyl (C=O) groups excluding carboxylic acids is 1. The number of aromatic nitrogens is 2. The van der Waals surface area contributed by atoms with Crippen molar-refractivity contribution in [2.24, 2.45) is 0 Å². The molecule has 5 nitrogen and oxygen atoms in total. The van der Waals surface area contributed by atoms with Crippen LogP contribution in [0.25, 0.3) is 10.9 Å². The van der Waals surface area contributed by atoms with Crippen LogP contribution in [0, 0.1) is 3.70 Å². The smallest absolute Gasteiger partial charge is 0.319 e. The Bertz CT molecular complexity index is 1210. The highest BCUT2D eigenvalue weighted by Crippen LogP contribution is 2.38. The van der Waals surface area contributed by atoms with Crippen LogP contribution in [0.15, 0.2) is 78.9 Å². The number of aromatic amines is 1. The van der Waals surface area contributed by atoms with Crippen molar-refractivity contribution in [1.29, 1.82) is 0 Å². The highest BCUT2D eigenvalue weighted by molar-refractivity contribution is 14.1. The first kappa shape index (κ1) is 26.9. The van der Waals surface area contributed by atoms with Crippen LogP contribution in [-0.2, 0) is 9.53 Å². The fourth-order valence-electron chi connectivity index (χ4n) is 4.00. The molecule has 0 aliphatic rings. The van der Waals surface area contributed by atoms with Crippen molar-refractivity contribution in [1.82, 2.24) is 10.2 Å². The second kappa shape index (κ2) is 10.9. The molecule has 1 heterocycles. The van der Waals surface area contributed by atoms with Gasteiger partial charge in [0.05, 0.1) is 5.52 Å². The standard InChI is InChI=1S/C23H23IN2OSi.C5H10O2/c1-23(2,3)28(18-10-6-4-7-11-18,19-12-8-5-9-13-19)27-17-14-15-20-21(16-17)25-26-22(20)24;1-5(2,3)7-4-6/h4-16H,1-3H3,(H,25,26);4H,1-3H3. The van der Waals surface area contributed by atoms with Gasteiger partial charge in [0.2, 0.25) is 0 Å². The molecule has 0 unspecified atom stereocenters. The molecule has 0 saturated heterocycles. The Morgan fingerprint density at radius 2 is 1.40 bits per heavy atom. The molecule has 0 amide bonds. The molecular weight excluding hydrogens is 567 g/mol. The lowest BCUT2D eigenvalue weighted by molar-refractivity contribution is -0.138. The van der Waals surface area contributed by atoms with E-state index in [9.17, 15) is 4.79 Å². The lowest BCUT2D eigenvalue weighted by atomic mass is 10.2. The van der Waals surface area contributed by atoms with Crippen LogP contribution in [0.2, 0.25) is 5.04 Å². The van der Waals surface area contributed by atoms with Gasteiger partial charge in [-0.3, -0.25) is 9.89 Å². The van der Waals surface area contributed by atoms with Gasteiger partial charge in [0.15, 0.2) is 0 Å². The van der Waals surface area contributed by atoms with E-state index in [0.717, 1.165) is 20.4 Å². The van der Waals surface area contributed by atoms with Crippen LogP contribution < -0.4 is 14.8 Å². The Balaban J connectivity index is 0.000000429. The Morgan fingerprint density at radius 1 is 0.857 bits per heavy atom. The van der Waals surface area contributed by atoms with E-state index in [1.165, 1.54) is 10.4 Å². The molecule has 0 atom stereocenters. The Hall–Kier alpha value is -2.65. The molecule has 0 aliphatic heterocycles. The summed E-state index contributed by atoms with van der Waals surface area (Å²) >= 11 is 2.25. The van der Waals surface area contributed by atoms with Crippen LogP contribution in [0.3, 0.4) is 0 Å². The normalized spacial score (nSPS) is 12.0. The minimum atomic E-state index is -2.61. The van der Waals surface area contributed by atoms with Crippen molar-refractivity contribution in [2.45, 2.75) is 52.2 Å². The average molecular weight is 601 g/mol. The van der Waals surface area contributed by atoms with Gasteiger partial charge in [-0.15, -0.1) is 0 Å². The maximum atomic E-state index is 9.60. The zero-order valence-electron chi connectivity index (χ0n) is 21.1. The largest absolute Gasteiger partial charge is 0.534 e. The molecule has 0 aliphatic carbocycles. The van der Waals surface area contributed by atoms with Crippen molar-refractivity contribution >= 4 is 58.7 Å². The van der Waals surface area contributed by atoms with E-state index in [0.29, 0.717) is 6.47 Å². The molecule has 1 aromatic heterocycles. The van der Waals surface area contributed by atoms with E-state index >= 15 is 0 Å². The van der Waals surface area contributed by atoms with Gasteiger partial charge in [0.25, 0.3) is 6.47 Å². The molecule has 3 aromatic carbocycles. The van der Waals surface area contributed by atoms with Gasteiger partial charge in [-0.05, 0) is 70.9 Å². The van der Waals surface area contributed by atoms with Gasteiger partial charge in [-0.2, -0.15) is 5.10 Å². The molecule has 7 heteroatoms. The van der Waals surface area contributed by atoms with Crippen LogP contribution in [0.5, 0.6) is 5.75 Å². The number of hydrogen-bond acceptors (Lipinski definition) is 4. The molecule has 1 N–H and O–H groups in total. The Labute approximate surface area is 222 Å². The first-order valence-corrected chi connectivity index (χ1v) is 14.5. The summed E-state index contributed by atoms with van der Waals surface area (Å²) in [6.07, 6.45) is 0. The summed E-state index contributed by atoms with van der Waals surface area (Å²) in [6, 6.07) is 27.6. The molecule has 0 bridgehead atoms. The third-order valence-electron chi connectivity index (χ3n) is 5.58. The van der Waals surface area contributed by atoms with Crippen molar-refractivity contribution in [3.8, 4) is 5.75 Å². The van der Waals surface area contributed by atoms with E-state index in [2.05, 4.69) is 137 Å². The zero-order valence-corrected chi connectivity index (χ0v) is 24.3. The van der Waals surface area contributed by atoms with Gasteiger partial charge in [0.1, 0.15) is 15.1 Å². The average Bonchev–Trinajstić information content (AvgIpc) is 3.17. The van der Waals surface area contributed by atoms with Crippen molar-refractivity contribution in [3.63, 3.8) is 0 Å². The van der Waals surface area contributed by atoms with Gasteiger partial charge in [-0.25, -0.2) is 0 Å². The van der Waals surface area contributed by atoms with E-state index < -0.39 is 8.32 Å². The third kappa shape index (κ3) is 6.32. The third-order valence-corrected chi connectivity index (χ3v) is 11.3. The SMILES string of the molecule is CC(C)(C)OC=O.CC(C)(C)[Si](Oc1ccc2c(I)n[nH]c2c1)(c1ccccc1)c1ccccc1. The van der Waals surface area contributed by atoms with Gasteiger partial charge >= 0.3 is 8.32 Å². The Morgan fingerprint density at radius 3 is 1.83 bits per heavy atom. The van der Waals surface area contributed by atoms with Crippen LogP contribution in [0.4, 0.5) is 0 Å². The fraction of sp³-hybridized carbons (Fsp3) is 0.286. The Kier molecular flexibility index (Phi) is 8.43. The summed E-state index contributed by atoms with van der Waals surface area (Å²) in [5.74, 6) is 0.877. The second-order valence-corrected chi connectivity index (χ2v) is 15.6. The zero-order chi connectivity index (χ0) is 25.7. The summed E-state index contributed by atoms with van der Waals surface area (Å²) in [6.45, 7) is 12.8. The molecule has 0 spiro atoms. The number of nitrogens with zero attached hydrogens (tertiary/aromatic N) is 1. The maximum Gasteiger partial charge on any atom is 0.319 e. The van der Waals surface area contributed by atoms with Gasteiger partial charge in [0, 0.05) is 11.5 Å². The second-order valence-electron chi connectivity index (χ2n) is 10.3. The maximum absolute atomic E-state index is 9.60. The van der Waals surface area contributed by atoms with Crippen LogP contribution in [-0.4, -0.2) is 30.6 Å². The summed E-state index contributed by atoms with van der Waals surface area (Å²) in [4.78, 5) is 9.60. The molecular formula is C28H33IN2O3Si. The minimum absolute atomic E-state index is 0.0624. The molecule has 0 radical (unpaired) electrons. The van der Waals surface area contributed by atoms with E-state index in [-0.39, 0.29) is 10.6 Å². The number of benzene rings is 3. The predicted molar refractivity (Wildman–Crippen MR) is 154 cm³/mol. The summed E-state index contributed by atoms with van der Waals surface area (Å²) in [5.41, 5.74) is 0.682.